The second-order valence-electron chi connectivity index (χ2n) is 44.5. The van der Waals surface area contributed by atoms with E-state index in [1.165, 1.54) is 44.5 Å². The van der Waals surface area contributed by atoms with Gasteiger partial charge in [0.15, 0.2) is 0 Å². The zero-order chi connectivity index (χ0) is 89.7. The Kier molecular flexibility index (Phi) is 17.9. The highest BCUT2D eigenvalue weighted by Gasteiger charge is 2.37. The van der Waals surface area contributed by atoms with E-state index in [0.717, 1.165) is 221 Å². The summed E-state index contributed by atoms with van der Waals surface area (Å²) in [7, 11) is 0. The summed E-state index contributed by atoms with van der Waals surface area (Å²) in [6, 6.07) is 80.7. The van der Waals surface area contributed by atoms with Gasteiger partial charge in [0, 0.05) is 66.1 Å². The highest BCUT2D eigenvalue weighted by Crippen LogP contribution is 2.56. The molecular weight excluding hydrogens is 1560 g/mol. The van der Waals surface area contributed by atoms with Gasteiger partial charge in [0.05, 0.1) is 133 Å². The van der Waals surface area contributed by atoms with E-state index in [9.17, 15) is 0 Å². The second-order valence-corrected chi connectivity index (χ2v) is 44.5. The summed E-state index contributed by atoms with van der Waals surface area (Å²) in [6.45, 7) is 56.1. The maximum Gasteiger partial charge on any atom is 0.0901 e. The molecule has 128 heavy (non-hydrogen) atoms. The first-order valence-corrected chi connectivity index (χ1v) is 45.3. The molecule has 12 aromatic carbocycles. The normalized spacial score (nSPS) is 13.3. The van der Waals surface area contributed by atoms with Gasteiger partial charge in [-0.25, -0.2) is 49.8 Å². The molecule has 1 aliphatic carbocycles. The minimum absolute atomic E-state index is 0.327. The Morgan fingerprint density at radius 2 is 0.312 bits per heavy atom. The van der Waals surface area contributed by atoms with Crippen LogP contribution in [0.15, 0.2) is 218 Å². The molecule has 0 saturated carbocycles. The molecule has 12 heteroatoms. The van der Waals surface area contributed by atoms with Gasteiger partial charge in [-0.3, -0.25) is 0 Å². The van der Waals surface area contributed by atoms with Crippen LogP contribution < -0.4 is 0 Å². The third kappa shape index (κ3) is 13.8. The van der Waals surface area contributed by atoms with Gasteiger partial charge in [0.2, 0.25) is 0 Å². The van der Waals surface area contributed by atoms with Crippen LogP contribution in [0, 0.1) is 0 Å². The number of nitrogens with one attached hydrogen (secondary N) is 2. The van der Waals surface area contributed by atoms with Crippen molar-refractivity contribution in [3.05, 3.63) is 263 Å². The molecule has 634 valence electrons. The number of nitrogens with zero attached hydrogens (tertiary/aromatic N) is 10. The summed E-state index contributed by atoms with van der Waals surface area (Å²) in [4.78, 5) is 67.8. The molecule has 0 radical (unpaired) electrons. The largest absolute Gasteiger partial charge is 0.353 e. The predicted octanol–water partition coefficient (Wildman–Crippen LogP) is 30.7. The Morgan fingerprint density at radius 3 is 0.461 bits per heavy atom. The Balaban J connectivity index is 1.14. The summed E-state index contributed by atoms with van der Waals surface area (Å²) in [5.41, 5.74) is 36.7. The van der Waals surface area contributed by atoms with Crippen molar-refractivity contribution in [1.29, 1.82) is 0 Å². The van der Waals surface area contributed by atoms with Crippen LogP contribution in [0.25, 0.3) is 221 Å². The predicted molar refractivity (Wildman–Crippen MR) is 539 cm³/mol. The van der Waals surface area contributed by atoms with Crippen LogP contribution in [-0.2, 0) is 43.3 Å². The van der Waals surface area contributed by atoms with E-state index >= 15 is 0 Å². The first kappa shape index (κ1) is 81.7. The zero-order valence-electron chi connectivity index (χ0n) is 78.3. The van der Waals surface area contributed by atoms with Gasteiger partial charge in [-0.1, -0.05) is 287 Å². The lowest BCUT2D eigenvalue weighted by Crippen LogP contribution is -2.16. The summed E-state index contributed by atoms with van der Waals surface area (Å²) in [5, 5.41) is 3.71. The van der Waals surface area contributed by atoms with Gasteiger partial charge in [-0.05, 0) is 207 Å². The Bertz CT molecular complexity index is 7180. The first-order valence-electron chi connectivity index (χ1n) is 45.3. The average molecular weight is 1670 g/mol. The molecule has 21 rings (SSSR count). The number of fused-ring (bicyclic) bond motifs is 8. The van der Waals surface area contributed by atoms with E-state index in [1.807, 2.05) is 0 Å². The number of aromatic nitrogens is 12. The molecule has 12 nitrogen and oxygen atoms in total. The van der Waals surface area contributed by atoms with Crippen LogP contribution in [0.5, 0.6) is 0 Å². The molecule has 0 fully saturated rings. The minimum Gasteiger partial charge on any atom is -0.353 e. The molecule has 8 heterocycles. The van der Waals surface area contributed by atoms with Crippen molar-refractivity contribution in [2.45, 2.75) is 209 Å². The van der Waals surface area contributed by atoms with Gasteiger partial charge in [-0.2, -0.15) is 0 Å². The van der Waals surface area contributed by atoms with E-state index in [1.54, 1.807) is 0 Å². The number of benzene rings is 12. The third-order valence-electron chi connectivity index (χ3n) is 26.7. The van der Waals surface area contributed by atoms with Crippen molar-refractivity contribution in [2.75, 3.05) is 0 Å². The third-order valence-corrected chi connectivity index (χ3v) is 26.7. The first-order chi connectivity index (χ1) is 60.4. The van der Waals surface area contributed by atoms with Crippen molar-refractivity contribution in [1.82, 2.24) is 59.8 Å². The lowest BCUT2D eigenvalue weighted by atomic mass is 9.78. The van der Waals surface area contributed by atoms with Gasteiger partial charge >= 0.3 is 0 Å². The van der Waals surface area contributed by atoms with E-state index in [-0.39, 0.29) is 43.3 Å². The number of rotatable bonds is 4. The number of para-hydroxylation sites is 8. The molecule has 18 aromatic rings. The molecule has 0 unspecified atom stereocenters. The SMILES string of the molecule is CC(C)(C)c1cc(-c2c3nc(c(-c4cc(C(C)(C)C)cc(C(C)(C)C)c4)c4[nH]c(c(-c5cc(C(C)(C)C)cc(C(C)(C)C)c5)c5nc(c(-c6cc(C(C)(C)C)cc(C(C)(C)C)c6)c6[nH]c2c2cc7nc8ccccc8nc7cc62)-c2cc6nc7ccccc7nc6cc2-5)c2cc5nc6ccccc6nc5cc42)-c2cc4nc5ccccc5nc4cc2-3)cc(C(C)(C)C)c1. The van der Waals surface area contributed by atoms with Gasteiger partial charge in [0.25, 0.3) is 0 Å². The van der Waals surface area contributed by atoms with Crippen LogP contribution in [0.3, 0.4) is 0 Å². The van der Waals surface area contributed by atoms with Crippen LogP contribution >= 0.6 is 0 Å². The molecule has 3 aliphatic rings. The van der Waals surface area contributed by atoms with Crippen molar-refractivity contribution in [3.63, 3.8) is 0 Å². The van der Waals surface area contributed by atoms with Crippen molar-refractivity contribution >= 4 is 132 Å². The van der Waals surface area contributed by atoms with E-state index in [4.69, 9.17) is 49.8 Å². The zero-order valence-corrected chi connectivity index (χ0v) is 78.3. The number of hydrogen-bond acceptors (Lipinski definition) is 10. The van der Waals surface area contributed by atoms with Crippen molar-refractivity contribution in [3.8, 4) is 89.5 Å². The van der Waals surface area contributed by atoms with Gasteiger partial charge in [0.1, 0.15) is 0 Å². The number of hydrogen-bond donors (Lipinski definition) is 2. The second kappa shape index (κ2) is 28.1. The van der Waals surface area contributed by atoms with E-state index < -0.39 is 0 Å². The topological polar surface area (TPSA) is 160 Å². The van der Waals surface area contributed by atoms with Crippen molar-refractivity contribution in [2.24, 2.45) is 0 Å². The molecule has 0 atom stereocenters. The van der Waals surface area contributed by atoms with E-state index in [2.05, 4.69) is 395 Å². The van der Waals surface area contributed by atoms with E-state index in [0.29, 0.717) is 0 Å². The molecule has 0 spiro atoms. The Labute approximate surface area is 748 Å². The average Bonchev–Trinajstić information content (AvgIpc) is 1.54. The molecular formula is C116H110N12. The maximum atomic E-state index is 6.74. The minimum atomic E-state index is -0.327. The van der Waals surface area contributed by atoms with Crippen LogP contribution in [-0.4, -0.2) is 59.8 Å². The molecule has 6 aromatic heterocycles. The summed E-state index contributed by atoms with van der Waals surface area (Å²) in [5.74, 6) is 0. The Morgan fingerprint density at radius 1 is 0.164 bits per heavy atom. The highest BCUT2D eigenvalue weighted by atomic mass is 14.9. The van der Waals surface area contributed by atoms with Crippen LogP contribution in [0.1, 0.15) is 211 Å². The van der Waals surface area contributed by atoms with Crippen LogP contribution in [0.4, 0.5) is 0 Å². The number of H-pyrrole nitrogens is 2. The van der Waals surface area contributed by atoms with Gasteiger partial charge in [-0.15, -0.1) is 0 Å². The fourth-order valence-electron chi connectivity index (χ4n) is 19.0. The summed E-state index contributed by atoms with van der Waals surface area (Å²) >= 11 is 0. The molecule has 2 aliphatic heterocycles. The highest BCUT2D eigenvalue weighted by molar-refractivity contribution is 6.25. The quantitative estimate of drug-likeness (QED) is 0.162. The lowest BCUT2D eigenvalue weighted by Gasteiger charge is -2.26. The maximum absolute atomic E-state index is 6.74. The van der Waals surface area contributed by atoms with Crippen molar-refractivity contribution < 1.29 is 0 Å². The monoisotopic (exact) mass is 1670 g/mol. The molecule has 0 amide bonds. The molecule has 8 bridgehead atoms. The number of aromatic amines is 2. The standard InChI is InChI=1S/C116H110N12/c1-109(2,3)65-41-61(42-66(49-65)110(4,5)6)97-101-73-53-89-91(119-83-35-27-25-33-81(83)117-89)55-75(73)103(125-101)98(62-43-67(111(7,8)9)50-68(44-62)112(10,11)12)105-77-57-93-95(123-87-39-31-29-37-85(87)121-93)59-79(77)107(127-105)100(64-47-71(115(19,20)21)52-72(48-64)116(22,23)24)108-80-60-96-94(122-86-38-30-32-40-88(86)124-96)58-78(80)106(128-108)99(63-45-69(113(13,14)15)51-70(46-63)114(16,17)18)104-76-56-92-90(54-74(76)102(97)126-104)118-82-34-26-28-36-84(82)120-92/h25-60,125,128H,1-24H3. The molecule has 2 N–H and O–H groups in total. The fraction of sp³-hybridized carbons (Fsp3) is 0.276. The fourth-order valence-corrected chi connectivity index (χ4v) is 19.0. The summed E-state index contributed by atoms with van der Waals surface area (Å²) < 4.78 is 0. The molecule has 0 saturated heterocycles. The lowest BCUT2D eigenvalue weighted by molar-refractivity contribution is 0.568. The Hall–Kier alpha value is -13.3. The van der Waals surface area contributed by atoms with Crippen LogP contribution in [0.2, 0.25) is 0 Å². The summed E-state index contributed by atoms with van der Waals surface area (Å²) in [6.07, 6.45) is 0. The smallest absolute Gasteiger partial charge is 0.0901 e. The van der Waals surface area contributed by atoms with Gasteiger partial charge < -0.3 is 9.97 Å².